The Kier molecular flexibility index (Phi) is 6.81. The normalized spacial score (nSPS) is 21.6. The van der Waals surface area contributed by atoms with Crippen molar-refractivity contribution in [2.75, 3.05) is 19.6 Å². The topological polar surface area (TPSA) is 32.3 Å². The van der Waals surface area contributed by atoms with E-state index >= 15 is 0 Å². The quantitative estimate of drug-likeness (QED) is 0.695. The zero-order valence-electron chi connectivity index (χ0n) is 16.8. The summed E-state index contributed by atoms with van der Waals surface area (Å²) in [5, 5.41) is 6.65. The van der Waals surface area contributed by atoms with E-state index in [2.05, 4.69) is 45.9 Å². The number of carbonyl (C=O) groups excluding carboxylic acids is 1. The predicted molar refractivity (Wildman–Crippen MR) is 119 cm³/mol. The van der Waals surface area contributed by atoms with Gasteiger partial charge in [0.15, 0.2) is 0 Å². The van der Waals surface area contributed by atoms with Crippen LogP contribution in [0.3, 0.4) is 0 Å². The third-order valence-corrected chi connectivity index (χ3v) is 7.19. The highest BCUT2D eigenvalue weighted by Crippen LogP contribution is 2.26. The van der Waals surface area contributed by atoms with Crippen molar-refractivity contribution in [3.05, 3.63) is 46.9 Å². The average molecular weight is 397 g/mol. The maximum Gasteiger partial charge on any atom is 0.224 e. The second-order valence-corrected chi connectivity index (χ2v) is 9.28. The van der Waals surface area contributed by atoms with Gasteiger partial charge < -0.3 is 5.32 Å². The van der Waals surface area contributed by atoms with Crippen molar-refractivity contribution in [2.45, 2.75) is 63.8 Å². The lowest BCUT2D eigenvalue weighted by atomic mass is 9.98. The minimum absolute atomic E-state index is 0.171. The van der Waals surface area contributed by atoms with Crippen LogP contribution in [0.4, 0.5) is 0 Å². The molecule has 1 saturated heterocycles. The molecule has 1 aromatic heterocycles. The molecule has 2 aliphatic rings. The summed E-state index contributed by atoms with van der Waals surface area (Å²) in [4.78, 5) is 15.1. The summed E-state index contributed by atoms with van der Waals surface area (Å²) in [5.41, 5.74) is 2.80. The zero-order chi connectivity index (χ0) is 19.2. The van der Waals surface area contributed by atoms with Crippen molar-refractivity contribution in [3.8, 4) is 0 Å². The lowest BCUT2D eigenvalue weighted by Crippen LogP contribution is -2.45. The molecule has 1 N–H and O–H groups in total. The molecule has 4 rings (SSSR count). The first-order valence-corrected chi connectivity index (χ1v) is 11.8. The zero-order valence-corrected chi connectivity index (χ0v) is 17.6. The third kappa shape index (κ3) is 5.24. The fraction of sp³-hybridized carbons (Fsp3) is 0.542. The number of benzene rings is 1. The van der Waals surface area contributed by atoms with Crippen molar-refractivity contribution in [1.82, 2.24) is 10.2 Å². The first-order chi connectivity index (χ1) is 13.8. The summed E-state index contributed by atoms with van der Waals surface area (Å²) in [6, 6.07) is 8.69. The van der Waals surface area contributed by atoms with Gasteiger partial charge in [-0.15, -0.1) is 11.3 Å². The summed E-state index contributed by atoms with van der Waals surface area (Å²) in [6.45, 7) is 3.34. The van der Waals surface area contributed by atoms with Crippen LogP contribution in [0.5, 0.6) is 0 Å². The number of rotatable bonds is 5. The van der Waals surface area contributed by atoms with Gasteiger partial charge in [-0.3, -0.25) is 9.69 Å². The number of carbonyl (C=O) groups is 1. The van der Waals surface area contributed by atoms with E-state index in [9.17, 15) is 4.79 Å². The Morgan fingerprint density at radius 3 is 2.82 bits per heavy atom. The van der Waals surface area contributed by atoms with E-state index in [1.807, 2.05) is 0 Å². The fourth-order valence-electron chi connectivity index (χ4n) is 4.55. The van der Waals surface area contributed by atoms with Gasteiger partial charge in [-0.1, -0.05) is 42.7 Å². The average Bonchev–Trinajstić information content (AvgIpc) is 3.08. The van der Waals surface area contributed by atoms with Gasteiger partial charge in [-0.05, 0) is 60.9 Å². The van der Waals surface area contributed by atoms with E-state index in [-0.39, 0.29) is 5.91 Å². The molecule has 0 spiro atoms. The molecule has 0 atom stereocenters. The number of likely N-dealkylation sites (tertiary alicyclic amines) is 1. The number of fused-ring (bicyclic) bond motifs is 1. The third-order valence-electron chi connectivity index (χ3n) is 6.18. The molecule has 1 aliphatic heterocycles. The van der Waals surface area contributed by atoms with Crippen molar-refractivity contribution >= 4 is 27.3 Å². The van der Waals surface area contributed by atoms with E-state index in [0.717, 1.165) is 38.0 Å². The van der Waals surface area contributed by atoms with E-state index in [1.54, 1.807) is 16.9 Å². The largest absolute Gasteiger partial charge is 0.353 e. The predicted octanol–water partition coefficient (Wildman–Crippen LogP) is 5.31. The molecule has 3 nitrogen and oxygen atoms in total. The van der Waals surface area contributed by atoms with Crippen LogP contribution in [0.25, 0.3) is 10.1 Å². The van der Waals surface area contributed by atoms with Crippen LogP contribution in [0.2, 0.25) is 0 Å². The minimum Gasteiger partial charge on any atom is -0.353 e. The van der Waals surface area contributed by atoms with E-state index < -0.39 is 0 Å². The van der Waals surface area contributed by atoms with Gasteiger partial charge in [0.05, 0.1) is 6.42 Å². The van der Waals surface area contributed by atoms with Gasteiger partial charge in [-0.2, -0.15) is 0 Å². The molecule has 0 saturated carbocycles. The van der Waals surface area contributed by atoms with E-state index in [0.29, 0.717) is 12.5 Å². The molecule has 2 heterocycles. The molecule has 2 aromatic rings. The van der Waals surface area contributed by atoms with Crippen LogP contribution in [0.1, 0.15) is 56.9 Å². The smallest absolute Gasteiger partial charge is 0.224 e. The molecule has 1 fully saturated rings. The van der Waals surface area contributed by atoms with Crippen LogP contribution in [-0.4, -0.2) is 36.5 Å². The summed E-state index contributed by atoms with van der Waals surface area (Å²) >= 11 is 1.73. The molecule has 28 heavy (non-hydrogen) atoms. The standard InChI is InChI=1S/C24H32N2OS/c27-24(16-20-18-28-23-11-7-6-10-22(20)23)25-21-12-14-26(15-13-21)17-19-8-4-2-1-3-5-9-19/h6-8,10-11,18,21H,1-5,9,12-17H2,(H,25,27)/b19-8+. The van der Waals surface area contributed by atoms with Gasteiger partial charge >= 0.3 is 0 Å². The molecule has 1 amide bonds. The van der Waals surface area contributed by atoms with Gasteiger partial charge in [0, 0.05) is 30.4 Å². The number of hydrogen-bond acceptors (Lipinski definition) is 3. The number of hydrogen-bond donors (Lipinski definition) is 1. The molecule has 150 valence electrons. The van der Waals surface area contributed by atoms with Crippen LogP contribution in [0.15, 0.2) is 41.3 Å². The van der Waals surface area contributed by atoms with Crippen molar-refractivity contribution in [2.24, 2.45) is 0 Å². The Morgan fingerprint density at radius 1 is 1.11 bits per heavy atom. The molecule has 0 unspecified atom stereocenters. The van der Waals surface area contributed by atoms with Gasteiger partial charge in [0.1, 0.15) is 0 Å². The molecule has 1 aromatic carbocycles. The maximum atomic E-state index is 12.6. The van der Waals surface area contributed by atoms with Crippen LogP contribution in [0, 0.1) is 0 Å². The highest BCUT2D eigenvalue weighted by atomic mass is 32.1. The molecule has 1 aliphatic carbocycles. The first-order valence-electron chi connectivity index (χ1n) is 10.9. The first kappa shape index (κ1) is 19.7. The van der Waals surface area contributed by atoms with Crippen LogP contribution < -0.4 is 5.32 Å². The second kappa shape index (κ2) is 9.71. The van der Waals surface area contributed by atoms with Gasteiger partial charge in [0.25, 0.3) is 0 Å². The van der Waals surface area contributed by atoms with Crippen molar-refractivity contribution in [1.29, 1.82) is 0 Å². The minimum atomic E-state index is 0.171. The number of allylic oxidation sites excluding steroid dienone is 1. The second-order valence-electron chi connectivity index (χ2n) is 8.37. The fourth-order valence-corrected chi connectivity index (χ4v) is 5.51. The summed E-state index contributed by atoms with van der Waals surface area (Å²) in [5.74, 6) is 0.171. The number of nitrogens with zero attached hydrogens (tertiary/aromatic N) is 1. The number of piperidine rings is 1. The highest BCUT2D eigenvalue weighted by molar-refractivity contribution is 7.17. The van der Waals surface area contributed by atoms with Gasteiger partial charge in [0.2, 0.25) is 5.91 Å². The van der Waals surface area contributed by atoms with E-state index in [1.165, 1.54) is 48.6 Å². The van der Waals surface area contributed by atoms with Crippen LogP contribution >= 0.6 is 11.3 Å². The Morgan fingerprint density at radius 2 is 1.93 bits per heavy atom. The SMILES string of the molecule is O=C(Cc1csc2ccccc12)NC1CCN(C/C2=C/CCCCCC2)CC1. The Bertz CT molecular complexity index is 817. The van der Waals surface area contributed by atoms with Crippen molar-refractivity contribution < 1.29 is 4.79 Å². The molecule has 4 heteroatoms. The number of nitrogens with one attached hydrogen (secondary N) is 1. The Labute approximate surface area is 172 Å². The lowest BCUT2D eigenvalue weighted by molar-refractivity contribution is -0.121. The van der Waals surface area contributed by atoms with Crippen molar-refractivity contribution in [3.63, 3.8) is 0 Å². The van der Waals surface area contributed by atoms with Gasteiger partial charge in [-0.25, -0.2) is 0 Å². The van der Waals surface area contributed by atoms with Crippen LogP contribution in [-0.2, 0) is 11.2 Å². The summed E-state index contributed by atoms with van der Waals surface area (Å²) in [7, 11) is 0. The molecule has 0 radical (unpaired) electrons. The molecular formula is C24H32N2OS. The maximum absolute atomic E-state index is 12.6. The molecule has 0 bridgehead atoms. The Balaban J connectivity index is 1.23. The monoisotopic (exact) mass is 396 g/mol. The lowest BCUT2D eigenvalue weighted by Gasteiger charge is -2.33. The summed E-state index contributed by atoms with van der Waals surface area (Å²) in [6.07, 6.45) is 13.2. The molecular weight excluding hydrogens is 364 g/mol. The number of thiophene rings is 1. The Hall–Kier alpha value is -1.65. The highest BCUT2D eigenvalue weighted by Gasteiger charge is 2.21. The summed E-state index contributed by atoms with van der Waals surface area (Å²) < 4.78 is 1.27. The van der Waals surface area contributed by atoms with E-state index in [4.69, 9.17) is 0 Å². The number of amides is 1.